The van der Waals surface area contributed by atoms with Crippen LogP contribution in [-0.4, -0.2) is 42.1 Å². The summed E-state index contributed by atoms with van der Waals surface area (Å²) >= 11 is 0. The van der Waals surface area contributed by atoms with Crippen molar-refractivity contribution in [2.75, 3.05) is 26.2 Å². The second kappa shape index (κ2) is 7.24. The van der Waals surface area contributed by atoms with E-state index >= 15 is 0 Å². The molecule has 19 heavy (non-hydrogen) atoms. The summed E-state index contributed by atoms with van der Waals surface area (Å²) < 4.78 is 5.12. The fourth-order valence-electron chi connectivity index (χ4n) is 2.55. The van der Waals surface area contributed by atoms with Crippen LogP contribution in [-0.2, 0) is 16.0 Å². The molecule has 2 rings (SSSR count). The zero-order valence-corrected chi connectivity index (χ0v) is 11.5. The largest absolute Gasteiger partial charge is 0.466 e. The van der Waals surface area contributed by atoms with E-state index in [9.17, 15) is 4.79 Å². The Morgan fingerprint density at radius 3 is 3.00 bits per heavy atom. The number of esters is 1. The van der Waals surface area contributed by atoms with Crippen molar-refractivity contribution in [1.29, 1.82) is 0 Å². The smallest absolute Gasteiger partial charge is 0.310 e. The van der Waals surface area contributed by atoms with Crippen LogP contribution >= 0.6 is 0 Å². The highest BCUT2D eigenvalue weighted by atomic mass is 16.5. The van der Waals surface area contributed by atoms with Crippen LogP contribution in [0.15, 0.2) is 24.5 Å². The number of pyridine rings is 1. The van der Waals surface area contributed by atoms with Crippen LogP contribution in [0.4, 0.5) is 0 Å². The summed E-state index contributed by atoms with van der Waals surface area (Å²) in [5.41, 5.74) is 1.30. The summed E-state index contributed by atoms with van der Waals surface area (Å²) in [6, 6.07) is 4.10. The molecule has 1 aromatic rings. The van der Waals surface area contributed by atoms with E-state index in [2.05, 4.69) is 9.88 Å². The number of carbonyl (C=O) groups is 1. The monoisotopic (exact) mass is 262 g/mol. The van der Waals surface area contributed by atoms with Crippen LogP contribution in [0.5, 0.6) is 0 Å². The van der Waals surface area contributed by atoms with E-state index in [1.54, 1.807) is 0 Å². The Morgan fingerprint density at radius 1 is 1.47 bits per heavy atom. The van der Waals surface area contributed by atoms with Crippen LogP contribution in [0.3, 0.4) is 0 Å². The summed E-state index contributed by atoms with van der Waals surface area (Å²) in [4.78, 5) is 18.1. The van der Waals surface area contributed by atoms with E-state index in [1.165, 1.54) is 5.56 Å². The van der Waals surface area contributed by atoms with Gasteiger partial charge in [-0.25, -0.2) is 0 Å². The summed E-state index contributed by atoms with van der Waals surface area (Å²) in [5, 5.41) is 0. The molecule has 0 amide bonds. The third kappa shape index (κ3) is 4.31. The van der Waals surface area contributed by atoms with Gasteiger partial charge in [-0.3, -0.25) is 9.78 Å². The highest BCUT2D eigenvalue weighted by Gasteiger charge is 2.26. The number of aromatic nitrogens is 1. The number of likely N-dealkylation sites (tertiary alicyclic amines) is 1. The van der Waals surface area contributed by atoms with Gasteiger partial charge in [-0.05, 0) is 50.4 Å². The van der Waals surface area contributed by atoms with Crippen molar-refractivity contribution in [2.45, 2.75) is 26.2 Å². The van der Waals surface area contributed by atoms with E-state index in [4.69, 9.17) is 4.74 Å². The number of piperidine rings is 1. The highest BCUT2D eigenvalue weighted by molar-refractivity contribution is 5.72. The van der Waals surface area contributed by atoms with E-state index < -0.39 is 0 Å². The first kappa shape index (κ1) is 14.0. The van der Waals surface area contributed by atoms with E-state index in [0.717, 1.165) is 38.9 Å². The molecule has 1 aliphatic rings. The second-order valence-electron chi connectivity index (χ2n) is 5.00. The minimum Gasteiger partial charge on any atom is -0.466 e. The van der Waals surface area contributed by atoms with Crippen LogP contribution in [0.1, 0.15) is 25.3 Å². The zero-order chi connectivity index (χ0) is 13.5. The van der Waals surface area contributed by atoms with E-state index in [0.29, 0.717) is 6.61 Å². The number of nitrogens with zero attached hydrogens (tertiary/aromatic N) is 2. The first-order valence-electron chi connectivity index (χ1n) is 7.07. The molecule has 104 valence electrons. The van der Waals surface area contributed by atoms with Gasteiger partial charge in [-0.15, -0.1) is 0 Å². The highest BCUT2D eigenvalue weighted by Crippen LogP contribution is 2.18. The van der Waals surface area contributed by atoms with Gasteiger partial charge in [0.25, 0.3) is 0 Å². The van der Waals surface area contributed by atoms with E-state index in [1.807, 2.05) is 31.5 Å². The molecule has 0 aliphatic carbocycles. The number of hydrogen-bond acceptors (Lipinski definition) is 4. The van der Waals surface area contributed by atoms with Crippen molar-refractivity contribution < 1.29 is 9.53 Å². The lowest BCUT2D eigenvalue weighted by Crippen LogP contribution is -2.40. The maximum Gasteiger partial charge on any atom is 0.310 e. The van der Waals surface area contributed by atoms with Crippen molar-refractivity contribution in [2.24, 2.45) is 5.92 Å². The van der Waals surface area contributed by atoms with Gasteiger partial charge in [0, 0.05) is 25.5 Å². The normalized spacial score (nSPS) is 20.2. The van der Waals surface area contributed by atoms with Gasteiger partial charge in [0.1, 0.15) is 0 Å². The molecule has 0 radical (unpaired) electrons. The lowest BCUT2D eigenvalue weighted by molar-refractivity contribution is -0.149. The van der Waals surface area contributed by atoms with Crippen LogP contribution in [0, 0.1) is 5.92 Å². The molecule has 2 heterocycles. The molecule has 0 spiro atoms. The summed E-state index contributed by atoms with van der Waals surface area (Å²) in [6.45, 7) is 5.26. The average molecular weight is 262 g/mol. The molecule has 4 nitrogen and oxygen atoms in total. The molecule has 1 atom stereocenters. The predicted octanol–water partition coefficient (Wildman–Crippen LogP) is 1.90. The number of hydrogen-bond donors (Lipinski definition) is 0. The predicted molar refractivity (Wildman–Crippen MR) is 73.7 cm³/mol. The molecular weight excluding hydrogens is 240 g/mol. The fraction of sp³-hybridized carbons (Fsp3) is 0.600. The van der Waals surface area contributed by atoms with Gasteiger partial charge in [0.05, 0.1) is 12.5 Å². The van der Waals surface area contributed by atoms with Crippen LogP contribution in [0.25, 0.3) is 0 Å². The molecule has 1 fully saturated rings. The van der Waals surface area contributed by atoms with Crippen molar-refractivity contribution in [3.63, 3.8) is 0 Å². The third-order valence-corrected chi connectivity index (χ3v) is 3.59. The molecule has 0 bridgehead atoms. The Labute approximate surface area is 114 Å². The average Bonchev–Trinajstić information content (AvgIpc) is 2.47. The van der Waals surface area contributed by atoms with Crippen molar-refractivity contribution in [1.82, 2.24) is 9.88 Å². The molecule has 0 aromatic carbocycles. The summed E-state index contributed by atoms with van der Waals surface area (Å²) in [7, 11) is 0. The molecule has 1 aliphatic heterocycles. The molecule has 4 heteroatoms. The summed E-state index contributed by atoms with van der Waals surface area (Å²) in [6.07, 6.45) is 6.71. The quantitative estimate of drug-likeness (QED) is 0.760. The van der Waals surface area contributed by atoms with Gasteiger partial charge < -0.3 is 9.64 Å². The SMILES string of the molecule is CCOC(=O)[C@@H]1CCCN(CCc2ccncc2)C1. The first-order chi connectivity index (χ1) is 9.29. The molecule has 0 saturated carbocycles. The molecule has 1 aromatic heterocycles. The van der Waals surface area contributed by atoms with Crippen LogP contribution in [0.2, 0.25) is 0 Å². The summed E-state index contributed by atoms with van der Waals surface area (Å²) in [5.74, 6) is 0.0299. The second-order valence-corrected chi connectivity index (χ2v) is 5.00. The first-order valence-corrected chi connectivity index (χ1v) is 7.07. The maximum atomic E-state index is 11.8. The standard InChI is InChI=1S/C15H22N2O2/c1-2-19-15(18)14-4-3-10-17(12-14)11-7-13-5-8-16-9-6-13/h5-6,8-9,14H,2-4,7,10-12H2,1H3/t14-/m1/s1. The Morgan fingerprint density at radius 2 is 2.26 bits per heavy atom. The zero-order valence-electron chi connectivity index (χ0n) is 11.5. The Balaban J connectivity index is 1.79. The van der Waals surface area contributed by atoms with Gasteiger partial charge in [-0.1, -0.05) is 0 Å². The van der Waals surface area contributed by atoms with Crippen molar-refractivity contribution in [3.8, 4) is 0 Å². The van der Waals surface area contributed by atoms with Crippen LogP contribution < -0.4 is 0 Å². The van der Waals surface area contributed by atoms with Gasteiger partial charge in [0.15, 0.2) is 0 Å². The van der Waals surface area contributed by atoms with Crippen molar-refractivity contribution >= 4 is 5.97 Å². The van der Waals surface area contributed by atoms with Gasteiger partial charge in [-0.2, -0.15) is 0 Å². The minimum absolute atomic E-state index is 0.0314. The van der Waals surface area contributed by atoms with Crippen molar-refractivity contribution in [3.05, 3.63) is 30.1 Å². The lowest BCUT2D eigenvalue weighted by Gasteiger charge is -2.31. The molecule has 0 unspecified atom stereocenters. The number of carbonyl (C=O) groups excluding carboxylic acids is 1. The molecular formula is C15H22N2O2. The molecule has 0 N–H and O–H groups in total. The Kier molecular flexibility index (Phi) is 5.33. The minimum atomic E-state index is -0.0314. The fourth-order valence-corrected chi connectivity index (χ4v) is 2.55. The maximum absolute atomic E-state index is 11.8. The van der Waals surface area contributed by atoms with Gasteiger partial charge >= 0.3 is 5.97 Å². The Bertz CT molecular complexity index is 394. The number of ether oxygens (including phenoxy) is 1. The third-order valence-electron chi connectivity index (χ3n) is 3.59. The molecule has 1 saturated heterocycles. The van der Waals surface area contributed by atoms with E-state index in [-0.39, 0.29) is 11.9 Å². The Hall–Kier alpha value is -1.42. The lowest BCUT2D eigenvalue weighted by atomic mass is 9.98. The number of rotatable bonds is 5. The van der Waals surface area contributed by atoms with Gasteiger partial charge in [0.2, 0.25) is 0 Å². The topological polar surface area (TPSA) is 42.4 Å².